The Bertz CT molecular complexity index is 748. The average Bonchev–Trinajstić information content (AvgIpc) is 2.64. The second-order valence-electron chi connectivity index (χ2n) is 7.27. The predicted molar refractivity (Wildman–Crippen MR) is 105 cm³/mol. The Hall–Kier alpha value is -2.82. The van der Waals surface area contributed by atoms with Gasteiger partial charge in [-0.15, -0.1) is 0 Å². The first-order chi connectivity index (χ1) is 12.8. The van der Waals surface area contributed by atoms with Crippen LogP contribution in [0.15, 0.2) is 54.6 Å². The Labute approximate surface area is 160 Å². The molecule has 0 aliphatic carbocycles. The highest BCUT2D eigenvalue weighted by atomic mass is 16.6. The number of hydrogen-bond acceptors (Lipinski definition) is 4. The summed E-state index contributed by atoms with van der Waals surface area (Å²) in [5, 5.41) is 2.64. The van der Waals surface area contributed by atoms with E-state index in [-0.39, 0.29) is 5.78 Å². The Balaban J connectivity index is 1.95. The number of hydrogen-bond donors (Lipinski definition) is 1. The van der Waals surface area contributed by atoms with Crippen LogP contribution in [0.2, 0.25) is 0 Å². The van der Waals surface area contributed by atoms with Crippen molar-refractivity contribution in [3.63, 3.8) is 0 Å². The van der Waals surface area contributed by atoms with E-state index in [0.717, 1.165) is 5.56 Å². The maximum Gasteiger partial charge on any atom is 0.408 e. The topological polar surface area (TPSA) is 64.6 Å². The van der Waals surface area contributed by atoms with E-state index in [0.29, 0.717) is 24.3 Å². The van der Waals surface area contributed by atoms with E-state index >= 15 is 0 Å². The maximum absolute atomic E-state index is 12.7. The molecule has 0 bridgehead atoms. The average molecular weight is 369 g/mol. The van der Waals surface area contributed by atoms with Crippen LogP contribution in [0.1, 0.15) is 50.0 Å². The van der Waals surface area contributed by atoms with Gasteiger partial charge in [0.15, 0.2) is 5.78 Å². The third kappa shape index (κ3) is 6.77. The molecule has 0 radical (unpaired) electrons. The Kier molecular flexibility index (Phi) is 6.99. The molecule has 0 fully saturated rings. The molecule has 2 rings (SSSR count). The molecule has 0 aliphatic heterocycles. The van der Waals surface area contributed by atoms with Crippen molar-refractivity contribution in [3.05, 3.63) is 65.7 Å². The molecule has 0 aliphatic rings. The third-order valence-corrected chi connectivity index (χ3v) is 3.80. The number of ketones is 1. The van der Waals surface area contributed by atoms with Gasteiger partial charge >= 0.3 is 6.09 Å². The van der Waals surface area contributed by atoms with Gasteiger partial charge < -0.3 is 14.8 Å². The highest BCUT2D eigenvalue weighted by Crippen LogP contribution is 2.16. The minimum absolute atomic E-state index is 0.155. The molecule has 0 aromatic heterocycles. The number of carbonyl (C=O) groups excluding carboxylic acids is 2. The van der Waals surface area contributed by atoms with Crippen molar-refractivity contribution in [3.8, 4) is 5.75 Å². The zero-order chi connectivity index (χ0) is 19.9. The van der Waals surface area contributed by atoms with Crippen molar-refractivity contribution in [2.24, 2.45) is 0 Å². The summed E-state index contributed by atoms with van der Waals surface area (Å²) in [6.45, 7) is 7.65. The normalized spacial score (nSPS) is 12.1. The number of alkyl carbamates (subject to hydrolysis) is 1. The van der Waals surface area contributed by atoms with Crippen molar-refractivity contribution in [2.75, 3.05) is 0 Å². The van der Waals surface area contributed by atoms with Crippen molar-refractivity contribution in [1.82, 2.24) is 5.32 Å². The summed E-state index contributed by atoms with van der Waals surface area (Å²) in [6.07, 6.45) is -0.116. The van der Waals surface area contributed by atoms with Gasteiger partial charge in [0, 0.05) is 5.56 Å². The summed E-state index contributed by atoms with van der Waals surface area (Å²) in [5.41, 5.74) is 0.985. The molecule has 1 amide bonds. The highest BCUT2D eigenvalue weighted by Gasteiger charge is 2.23. The van der Waals surface area contributed by atoms with Gasteiger partial charge in [-0.2, -0.15) is 0 Å². The molecular weight excluding hydrogens is 342 g/mol. The third-order valence-electron chi connectivity index (χ3n) is 3.80. The number of benzene rings is 2. The maximum atomic E-state index is 12.7. The molecule has 5 heteroatoms. The van der Waals surface area contributed by atoms with Crippen LogP contribution in [0.5, 0.6) is 5.75 Å². The molecule has 1 N–H and O–H groups in total. The van der Waals surface area contributed by atoms with Crippen LogP contribution in [0.4, 0.5) is 4.79 Å². The van der Waals surface area contributed by atoms with E-state index in [1.165, 1.54) is 0 Å². The molecular formula is C22H27NO4. The first-order valence-electron chi connectivity index (χ1n) is 9.09. The molecule has 0 heterocycles. The second kappa shape index (κ2) is 9.21. The van der Waals surface area contributed by atoms with Crippen molar-refractivity contribution in [2.45, 2.75) is 52.4 Å². The Morgan fingerprint density at radius 2 is 1.63 bits per heavy atom. The Morgan fingerprint density at radius 3 is 2.19 bits per heavy atom. The van der Waals surface area contributed by atoms with E-state index in [2.05, 4.69) is 5.32 Å². The van der Waals surface area contributed by atoms with Gasteiger partial charge in [0.2, 0.25) is 0 Å². The smallest absolute Gasteiger partial charge is 0.408 e. The number of carbonyl (C=O) groups is 2. The predicted octanol–water partition coefficient (Wildman–Crippen LogP) is 4.75. The van der Waals surface area contributed by atoms with Gasteiger partial charge in [0.25, 0.3) is 0 Å². The van der Waals surface area contributed by atoms with Crippen LogP contribution >= 0.6 is 0 Å². The standard InChI is InChI=1S/C22H27NO4/c1-5-19(23-21(25)27-22(2,3)4)20(24)17-11-13-18(14-12-17)26-15-16-9-7-6-8-10-16/h6-14,19H,5,15H2,1-4H3,(H,23,25). The minimum atomic E-state index is -0.629. The number of Topliss-reactive ketones (excluding diaryl/α,β-unsaturated/α-hetero) is 1. The summed E-state index contributed by atoms with van der Waals surface area (Å²) in [7, 11) is 0. The van der Waals surface area contributed by atoms with Gasteiger partial charge in [-0.25, -0.2) is 4.79 Å². The van der Waals surface area contributed by atoms with E-state index < -0.39 is 17.7 Å². The Morgan fingerprint density at radius 1 is 1.00 bits per heavy atom. The summed E-state index contributed by atoms with van der Waals surface area (Å²) < 4.78 is 11.0. The number of ether oxygens (including phenoxy) is 2. The molecule has 1 unspecified atom stereocenters. The van der Waals surface area contributed by atoms with E-state index in [1.54, 1.807) is 45.0 Å². The first-order valence-corrected chi connectivity index (χ1v) is 9.09. The first kappa shape index (κ1) is 20.5. The molecule has 1 atom stereocenters. The molecule has 0 spiro atoms. The van der Waals surface area contributed by atoms with Crippen molar-refractivity contribution >= 4 is 11.9 Å². The fraction of sp³-hybridized carbons (Fsp3) is 0.364. The second-order valence-corrected chi connectivity index (χ2v) is 7.27. The summed E-state index contributed by atoms with van der Waals surface area (Å²) in [6, 6.07) is 16.2. The van der Waals surface area contributed by atoms with E-state index in [9.17, 15) is 9.59 Å². The van der Waals surface area contributed by atoms with Crippen LogP contribution in [-0.2, 0) is 11.3 Å². The SMILES string of the molecule is CCC(NC(=O)OC(C)(C)C)C(=O)c1ccc(OCc2ccccc2)cc1. The molecule has 0 saturated heterocycles. The lowest BCUT2D eigenvalue weighted by Gasteiger charge is -2.22. The summed E-state index contributed by atoms with van der Waals surface area (Å²) in [5.74, 6) is 0.529. The lowest BCUT2D eigenvalue weighted by Crippen LogP contribution is -2.43. The number of rotatable bonds is 7. The molecule has 27 heavy (non-hydrogen) atoms. The van der Waals surface area contributed by atoms with Crippen molar-refractivity contribution < 1.29 is 19.1 Å². The molecule has 144 valence electrons. The molecule has 5 nitrogen and oxygen atoms in total. The van der Waals surface area contributed by atoms with Crippen LogP contribution in [0.3, 0.4) is 0 Å². The molecule has 2 aromatic carbocycles. The van der Waals surface area contributed by atoms with Gasteiger partial charge in [0.05, 0.1) is 6.04 Å². The van der Waals surface area contributed by atoms with Gasteiger partial charge in [-0.3, -0.25) is 4.79 Å². The fourth-order valence-electron chi connectivity index (χ4n) is 2.46. The number of nitrogens with one attached hydrogen (secondary N) is 1. The molecule has 2 aromatic rings. The summed E-state index contributed by atoms with van der Waals surface area (Å²) in [4.78, 5) is 24.6. The highest BCUT2D eigenvalue weighted by molar-refractivity contribution is 6.01. The number of amides is 1. The lowest BCUT2D eigenvalue weighted by atomic mass is 10.0. The lowest BCUT2D eigenvalue weighted by molar-refractivity contribution is 0.0490. The van der Waals surface area contributed by atoms with E-state index in [4.69, 9.17) is 9.47 Å². The van der Waals surface area contributed by atoms with Gasteiger partial charge in [0.1, 0.15) is 18.0 Å². The van der Waals surface area contributed by atoms with Crippen LogP contribution < -0.4 is 10.1 Å². The van der Waals surface area contributed by atoms with Crippen LogP contribution in [0, 0.1) is 0 Å². The molecule has 0 saturated carbocycles. The zero-order valence-electron chi connectivity index (χ0n) is 16.3. The van der Waals surface area contributed by atoms with Gasteiger partial charge in [-0.05, 0) is 57.0 Å². The monoisotopic (exact) mass is 369 g/mol. The summed E-state index contributed by atoms with van der Waals surface area (Å²) >= 11 is 0. The van der Waals surface area contributed by atoms with Crippen molar-refractivity contribution in [1.29, 1.82) is 0 Å². The zero-order valence-corrected chi connectivity index (χ0v) is 16.3. The quantitative estimate of drug-likeness (QED) is 0.715. The fourth-order valence-corrected chi connectivity index (χ4v) is 2.46. The van der Waals surface area contributed by atoms with Crippen LogP contribution in [0.25, 0.3) is 0 Å². The minimum Gasteiger partial charge on any atom is -0.489 e. The van der Waals surface area contributed by atoms with E-state index in [1.807, 2.05) is 37.3 Å². The van der Waals surface area contributed by atoms with Crippen LogP contribution in [-0.4, -0.2) is 23.5 Å². The largest absolute Gasteiger partial charge is 0.489 e. The van der Waals surface area contributed by atoms with Gasteiger partial charge in [-0.1, -0.05) is 37.3 Å².